The Labute approximate surface area is 95.5 Å². The van der Waals surface area contributed by atoms with Crippen molar-refractivity contribution in [2.75, 3.05) is 18.1 Å². The Bertz CT molecular complexity index is 340. The number of nitrogens with zero attached hydrogens (tertiary/aromatic N) is 2. The number of rotatable bonds is 5. The molecule has 2 rings (SSSR count). The van der Waals surface area contributed by atoms with Gasteiger partial charge in [0.15, 0.2) is 0 Å². The van der Waals surface area contributed by atoms with Gasteiger partial charge in [0, 0.05) is 24.5 Å². The Hall–Kier alpha value is -1.13. The molecule has 0 spiro atoms. The zero-order chi connectivity index (χ0) is 11.4. The highest BCUT2D eigenvalue weighted by molar-refractivity contribution is 5.48. The van der Waals surface area contributed by atoms with Crippen LogP contribution in [0.1, 0.15) is 25.0 Å². The van der Waals surface area contributed by atoms with Crippen molar-refractivity contribution in [3.05, 3.63) is 24.0 Å². The minimum absolute atomic E-state index is 0.0362. The molecule has 4 nitrogen and oxygen atoms in total. The summed E-state index contributed by atoms with van der Waals surface area (Å²) in [5.74, 6) is 0. The van der Waals surface area contributed by atoms with Crippen LogP contribution >= 0.6 is 0 Å². The summed E-state index contributed by atoms with van der Waals surface area (Å²) in [6, 6.07) is 4.38. The molecule has 1 aromatic heterocycles. The van der Waals surface area contributed by atoms with Crippen LogP contribution in [0.5, 0.6) is 0 Å². The van der Waals surface area contributed by atoms with Crippen molar-refractivity contribution < 1.29 is 10.2 Å². The largest absolute Gasteiger partial charge is 0.395 e. The van der Waals surface area contributed by atoms with Gasteiger partial charge >= 0.3 is 0 Å². The number of aliphatic hydroxyl groups excluding tert-OH is 2. The van der Waals surface area contributed by atoms with E-state index in [2.05, 4.69) is 9.88 Å². The van der Waals surface area contributed by atoms with Gasteiger partial charge in [0.1, 0.15) is 0 Å². The molecule has 0 amide bonds. The third-order valence-corrected chi connectivity index (χ3v) is 3.15. The maximum absolute atomic E-state index is 9.09. The number of aliphatic hydroxyl groups is 2. The van der Waals surface area contributed by atoms with Gasteiger partial charge in [-0.2, -0.15) is 0 Å². The van der Waals surface area contributed by atoms with E-state index in [-0.39, 0.29) is 13.2 Å². The topological polar surface area (TPSA) is 56.6 Å². The Morgan fingerprint density at radius 1 is 1.38 bits per heavy atom. The molecule has 88 valence electrons. The number of hydrogen-bond donors (Lipinski definition) is 2. The van der Waals surface area contributed by atoms with E-state index < -0.39 is 0 Å². The van der Waals surface area contributed by atoms with E-state index in [1.54, 1.807) is 6.20 Å². The molecule has 1 aliphatic rings. The third-order valence-electron chi connectivity index (χ3n) is 3.15. The quantitative estimate of drug-likeness (QED) is 0.778. The summed E-state index contributed by atoms with van der Waals surface area (Å²) in [5.41, 5.74) is 1.73. The lowest BCUT2D eigenvalue weighted by Crippen LogP contribution is -2.42. The summed E-state index contributed by atoms with van der Waals surface area (Å²) < 4.78 is 0. The van der Waals surface area contributed by atoms with E-state index in [4.69, 9.17) is 10.2 Å². The maximum Gasteiger partial charge on any atom is 0.0853 e. The predicted octanol–water partition coefficient (Wildman–Crippen LogP) is 0.925. The second-order valence-corrected chi connectivity index (χ2v) is 4.17. The van der Waals surface area contributed by atoms with Crippen LogP contribution in [-0.4, -0.2) is 34.4 Å². The molecule has 0 radical (unpaired) electrons. The highest BCUT2D eigenvalue weighted by Gasteiger charge is 2.24. The Kier molecular flexibility index (Phi) is 3.74. The zero-order valence-corrected chi connectivity index (χ0v) is 9.34. The van der Waals surface area contributed by atoms with Crippen LogP contribution in [0.25, 0.3) is 0 Å². The van der Waals surface area contributed by atoms with Crippen molar-refractivity contribution in [3.8, 4) is 0 Å². The van der Waals surface area contributed by atoms with Crippen LogP contribution in [0.2, 0.25) is 0 Å². The number of hydrogen-bond acceptors (Lipinski definition) is 4. The maximum atomic E-state index is 9.09. The summed E-state index contributed by atoms with van der Waals surface area (Å²) >= 11 is 0. The van der Waals surface area contributed by atoms with E-state index >= 15 is 0 Å². The van der Waals surface area contributed by atoms with Gasteiger partial charge in [-0.3, -0.25) is 4.98 Å². The standard InChI is InChI=1S/C12H18N2O2/c15-7-6-14(11-2-1-3-11)12-4-5-13-10(8-12)9-16/h4-5,8,11,15-16H,1-3,6-7,9H2. The molecule has 4 heteroatoms. The summed E-state index contributed by atoms with van der Waals surface area (Å²) in [4.78, 5) is 6.28. The second kappa shape index (κ2) is 5.27. The Morgan fingerprint density at radius 2 is 2.19 bits per heavy atom. The van der Waals surface area contributed by atoms with Gasteiger partial charge in [-0.1, -0.05) is 0 Å². The molecule has 1 saturated carbocycles. The molecular formula is C12H18N2O2. The van der Waals surface area contributed by atoms with E-state index in [1.165, 1.54) is 19.3 Å². The fourth-order valence-corrected chi connectivity index (χ4v) is 2.06. The normalized spacial score (nSPS) is 15.9. The molecule has 0 unspecified atom stereocenters. The first kappa shape index (κ1) is 11.4. The monoisotopic (exact) mass is 222 g/mol. The van der Waals surface area contributed by atoms with Crippen molar-refractivity contribution in [3.63, 3.8) is 0 Å². The van der Waals surface area contributed by atoms with E-state index in [0.717, 1.165) is 5.69 Å². The molecule has 16 heavy (non-hydrogen) atoms. The van der Waals surface area contributed by atoms with Crippen LogP contribution in [0.4, 0.5) is 5.69 Å². The van der Waals surface area contributed by atoms with E-state index in [9.17, 15) is 0 Å². The van der Waals surface area contributed by atoms with Crippen LogP contribution in [0, 0.1) is 0 Å². The minimum atomic E-state index is -0.0362. The Balaban J connectivity index is 2.16. The highest BCUT2D eigenvalue weighted by Crippen LogP contribution is 2.29. The average Bonchev–Trinajstić information content (AvgIpc) is 2.26. The summed E-state index contributed by atoms with van der Waals surface area (Å²) in [5, 5.41) is 18.1. The zero-order valence-electron chi connectivity index (χ0n) is 9.34. The Morgan fingerprint density at radius 3 is 2.75 bits per heavy atom. The van der Waals surface area contributed by atoms with E-state index in [0.29, 0.717) is 18.3 Å². The molecule has 0 atom stereocenters. The van der Waals surface area contributed by atoms with Crippen LogP contribution in [0.15, 0.2) is 18.3 Å². The molecule has 1 fully saturated rings. The van der Waals surface area contributed by atoms with Crippen molar-refractivity contribution in [1.82, 2.24) is 4.98 Å². The molecule has 2 N–H and O–H groups in total. The van der Waals surface area contributed by atoms with Crippen molar-refractivity contribution in [2.24, 2.45) is 0 Å². The molecule has 1 aromatic rings. The lowest BCUT2D eigenvalue weighted by Gasteiger charge is -2.39. The van der Waals surface area contributed by atoms with Gasteiger partial charge in [0.2, 0.25) is 0 Å². The number of anilines is 1. The number of pyridine rings is 1. The third kappa shape index (κ3) is 2.33. The van der Waals surface area contributed by atoms with Crippen molar-refractivity contribution in [1.29, 1.82) is 0 Å². The van der Waals surface area contributed by atoms with Gasteiger partial charge in [-0.25, -0.2) is 0 Å². The highest BCUT2D eigenvalue weighted by atomic mass is 16.3. The molecule has 1 aliphatic carbocycles. The predicted molar refractivity (Wildman–Crippen MR) is 62.2 cm³/mol. The fraction of sp³-hybridized carbons (Fsp3) is 0.583. The fourth-order valence-electron chi connectivity index (χ4n) is 2.06. The van der Waals surface area contributed by atoms with Crippen molar-refractivity contribution in [2.45, 2.75) is 31.9 Å². The van der Waals surface area contributed by atoms with E-state index in [1.807, 2.05) is 12.1 Å². The SMILES string of the molecule is OCCN(c1ccnc(CO)c1)C1CCC1. The first-order valence-electron chi connectivity index (χ1n) is 5.78. The van der Waals surface area contributed by atoms with Crippen molar-refractivity contribution >= 4 is 5.69 Å². The molecule has 0 aromatic carbocycles. The van der Waals surface area contributed by atoms with Gasteiger partial charge in [0.25, 0.3) is 0 Å². The molecule has 0 saturated heterocycles. The summed E-state index contributed by atoms with van der Waals surface area (Å²) in [6.45, 7) is 0.776. The second-order valence-electron chi connectivity index (χ2n) is 4.17. The minimum Gasteiger partial charge on any atom is -0.395 e. The van der Waals surface area contributed by atoms with Crippen LogP contribution < -0.4 is 4.90 Å². The average molecular weight is 222 g/mol. The summed E-state index contributed by atoms with van der Waals surface area (Å²) in [6.07, 6.45) is 5.36. The molecular weight excluding hydrogens is 204 g/mol. The smallest absolute Gasteiger partial charge is 0.0853 e. The van der Waals surface area contributed by atoms with Gasteiger partial charge in [0.05, 0.1) is 18.9 Å². The first-order valence-corrected chi connectivity index (χ1v) is 5.78. The van der Waals surface area contributed by atoms with Gasteiger partial charge in [-0.15, -0.1) is 0 Å². The summed E-state index contributed by atoms with van der Waals surface area (Å²) in [7, 11) is 0. The molecule has 1 heterocycles. The number of aromatic nitrogens is 1. The van der Waals surface area contributed by atoms with Gasteiger partial charge < -0.3 is 15.1 Å². The lowest BCUT2D eigenvalue weighted by molar-refractivity contribution is 0.276. The van der Waals surface area contributed by atoms with Crippen LogP contribution in [-0.2, 0) is 6.61 Å². The lowest BCUT2D eigenvalue weighted by atomic mass is 9.91. The van der Waals surface area contributed by atoms with Crippen LogP contribution in [0.3, 0.4) is 0 Å². The molecule has 0 bridgehead atoms. The first-order chi connectivity index (χ1) is 7.85. The molecule has 0 aliphatic heterocycles. The van der Waals surface area contributed by atoms with Gasteiger partial charge in [-0.05, 0) is 31.4 Å².